The smallest absolute Gasteiger partial charge is 0.308 e. The van der Waals surface area contributed by atoms with Gasteiger partial charge in [0.05, 0.1) is 29.7 Å². The molecular weight excluding hydrogens is 268 g/mol. The molecule has 0 heterocycles. The molecule has 5 nitrogen and oxygen atoms in total. The van der Waals surface area contributed by atoms with Crippen LogP contribution in [0.4, 0.5) is 5.69 Å². The van der Waals surface area contributed by atoms with Crippen LogP contribution in [0.5, 0.6) is 0 Å². The van der Waals surface area contributed by atoms with E-state index in [4.69, 9.17) is 21.6 Å². The number of nitrogens with one attached hydrogen (secondary N) is 1. The Bertz CT molecular complexity index is 485. The highest BCUT2D eigenvalue weighted by Crippen LogP contribution is 2.20. The van der Waals surface area contributed by atoms with Crippen molar-refractivity contribution in [2.75, 3.05) is 18.5 Å². The van der Waals surface area contributed by atoms with Gasteiger partial charge in [-0.3, -0.25) is 4.79 Å². The lowest BCUT2D eigenvalue weighted by Gasteiger charge is -2.12. The van der Waals surface area contributed by atoms with Gasteiger partial charge in [-0.05, 0) is 25.1 Å². The first-order chi connectivity index (χ1) is 9.06. The molecule has 0 amide bonds. The fraction of sp³-hybridized carbons (Fsp3) is 0.385. The molecule has 0 saturated heterocycles. The quantitative estimate of drug-likeness (QED) is 0.779. The van der Waals surface area contributed by atoms with Crippen molar-refractivity contribution in [1.29, 1.82) is 5.26 Å². The number of carbonyl (C=O) groups excluding carboxylic acids is 1. The topological polar surface area (TPSA) is 82.3 Å². The number of esters is 1. The van der Waals surface area contributed by atoms with Crippen LogP contribution in [0.15, 0.2) is 18.2 Å². The molecule has 0 radical (unpaired) electrons. The Labute approximate surface area is 116 Å². The fourth-order valence-corrected chi connectivity index (χ4v) is 1.66. The maximum Gasteiger partial charge on any atom is 0.308 e. The van der Waals surface area contributed by atoms with Crippen LogP contribution >= 0.6 is 11.6 Å². The first-order valence-electron chi connectivity index (χ1n) is 5.84. The van der Waals surface area contributed by atoms with Gasteiger partial charge in [-0.25, -0.2) is 0 Å². The van der Waals surface area contributed by atoms with E-state index in [1.807, 2.05) is 6.07 Å². The minimum Gasteiger partial charge on any atom is -0.466 e. The number of ether oxygens (including phenoxy) is 1. The van der Waals surface area contributed by atoms with E-state index in [1.165, 1.54) is 0 Å². The molecular formula is C13H15ClN2O3. The van der Waals surface area contributed by atoms with E-state index in [9.17, 15) is 9.90 Å². The summed E-state index contributed by atoms with van der Waals surface area (Å²) >= 11 is 5.87. The van der Waals surface area contributed by atoms with Crippen molar-refractivity contribution in [1.82, 2.24) is 0 Å². The molecule has 0 aliphatic carbocycles. The maximum atomic E-state index is 11.1. The number of nitrogens with zero attached hydrogens (tertiary/aromatic N) is 1. The first-order valence-corrected chi connectivity index (χ1v) is 6.21. The number of aliphatic hydroxyl groups excluding tert-OH is 1. The molecule has 1 unspecified atom stereocenters. The standard InChI is InChI=1S/C13H15ClN2O3/c1-2-19-13(18)6-11(17)8-16-10-4-3-9(7-15)12(14)5-10/h3-5,11,16-17H,2,6,8H2,1H3. The van der Waals surface area contributed by atoms with E-state index in [2.05, 4.69) is 5.32 Å². The number of hydrogen-bond acceptors (Lipinski definition) is 5. The van der Waals surface area contributed by atoms with Gasteiger partial charge < -0.3 is 15.2 Å². The van der Waals surface area contributed by atoms with Crippen LogP contribution in [0.2, 0.25) is 5.02 Å². The number of anilines is 1. The third-order valence-electron chi connectivity index (χ3n) is 2.34. The van der Waals surface area contributed by atoms with Crippen molar-refractivity contribution in [2.45, 2.75) is 19.4 Å². The minimum atomic E-state index is -0.839. The van der Waals surface area contributed by atoms with Crippen LogP contribution in [0, 0.1) is 11.3 Å². The van der Waals surface area contributed by atoms with Crippen LogP contribution in [-0.4, -0.2) is 30.3 Å². The molecule has 0 aliphatic heterocycles. The van der Waals surface area contributed by atoms with Crippen LogP contribution in [-0.2, 0) is 9.53 Å². The number of halogens is 1. The molecule has 0 saturated carbocycles. The lowest BCUT2D eigenvalue weighted by Crippen LogP contribution is -2.23. The molecule has 102 valence electrons. The molecule has 0 spiro atoms. The van der Waals surface area contributed by atoms with Crippen molar-refractivity contribution in [3.63, 3.8) is 0 Å². The Morgan fingerprint density at radius 2 is 2.37 bits per heavy atom. The van der Waals surface area contributed by atoms with E-state index in [0.717, 1.165) is 0 Å². The summed E-state index contributed by atoms with van der Waals surface area (Å²) in [6.07, 6.45) is -0.904. The monoisotopic (exact) mass is 282 g/mol. The highest BCUT2D eigenvalue weighted by Gasteiger charge is 2.11. The molecule has 6 heteroatoms. The van der Waals surface area contributed by atoms with Crippen molar-refractivity contribution in [3.8, 4) is 6.07 Å². The summed E-state index contributed by atoms with van der Waals surface area (Å²) in [4.78, 5) is 11.1. The van der Waals surface area contributed by atoms with Gasteiger partial charge in [0.2, 0.25) is 0 Å². The van der Waals surface area contributed by atoms with Crippen LogP contribution in [0.3, 0.4) is 0 Å². The number of hydrogen-bond donors (Lipinski definition) is 2. The lowest BCUT2D eigenvalue weighted by atomic mass is 10.2. The number of aliphatic hydroxyl groups is 1. The Balaban J connectivity index is 2.46. The van der Waals surface area contributed by atoms with Crippen LogP contribution in [0.25, 0.3) is 0 Å². The molecule has 0 aliphatic rings. The number of nitriles is 1. The Kier molecular flexibility index (Phi) is 6.13. The zero-order chi connectivity index (χ0) is 14.3. The first kappa shape index (κ1) is 15.3. The molecule has 1 aromatic carbocycles. The van der Waals surface area contributed by atoms with E-state index in [-0.39, 0.29) is 13.0 Å². The van der Waals surface area contributed by atoms with E-state index < -0.39 is 12.1 Å². The minimum absolute atomic E-state index is 0.0646. The second kappa shape index (κ2) is 7.62. The number of carbonyl (C=O) groups is 1. The molecule has 0 fully saturated rings. The summed E-state index contributed by atoms with van der Waals surface area (Å²) in [7, 11) is 0. The van der Waals surface area contributed by atoms with Crippen LogP contribution < -0.4 is 5.32 Å². The largest absolute Gasteiger partial charge is 0.466 e. The summed E-state index contributed by atoms with van der Waals surface area (Å²) in [5.74, 6) is -0.435. The molecule has 1 atom stereocenters. The van der Waals surface area contributed by atoms with Gasteiger partial charge in [0.1, 0.15) is 6.07 Å². The summed E-state index contributed by atoms with van der Waals surface area (Å²) in [5.41, 5.74) is 1.06. The van der Waals surface area contributed by atoms with Gasteiger partial charge in [-0.2, -0.15) is 5.26 Å². The van der Waals surface area contributed by atoms with Crippen molar-refractivity contribution in [2.24, 2.45) is 0 Å². The number of rotatable bonds is 6. The predicted octanol–water partition coefficient (Wildman–Crippen LogP) is 1.94. The summed E-state index contributed by atoms with van der Waals surface area (Å²) in [6, 6.07) is 6.82. The molecule has 2 N–H and O–H groups in total. The van der Waals surface area contributed by atoms with E-state index in [0.29, 0.717) is 22.9 Å². The second-order valence-electron chi connectivity index (χ2n) is 3.85. The second-order valence-corrected chi connectivity index (χ2v) is 4.26. The SMILES string of the molecule is CCOC(=O)CC(O)CNc1ccc(C#N)c(Cl)c1. The van der Waals surface area contributed by atoms with Crippen molar-refractivity contribution in [3.05, 3.63) is 28.8 Å². The third-order valence-corrected chi connectivity index (χ3v) is 2.65. The molecule has 0 aromatic heterocycles. The summed E-state index contributed by atoms with van der Waals surface area (Å²) in [5, 5.41) is 21.6. The normalized spacial score (nSPS) is 11.5. The maximum absolute atomic E-state index is 11.1. The van der Waals surface area contributed by atoms with Gasteiger partial charge in [0, 0.05) is 12.2 Å². The summed E-state index contributed by atoms with van der Waals surface area (Å²) < 4.78 is 4.73. The molecule has 19 heavy (non-hydrogen) atoms. The van der Waals surface area contributed by atoms with E-state index in [1.54, 1.807) is 25.1 Å². The van der Waals surface area contributed by atoms with Gasteiger partial charge in [-0.15, -0.1) is 0 Å². The molecule has 1 rings (SSSR count). The van der Waals surface area contributed by atoms with Gasteiger partial charge in [0.15, 0.2) is 0 Å². The Hall–Kier alpha value is -1.77. The molecule has 1 aromatic rings. The zero-order valence-electron chi connectivity index (χ0n) is 10.5. The van der Waals surface area contributed by atoms with Crippen LogP contribution in [0.1, 0.15) is 18.9 Å². The van der Waals surface area contributed by atoms with Crippen molar-refractivity contribution < 1.29 is 14.6 Å². The van der Waals surface area contributed by atoms with Gasteiger partial charge in [0.25, 0.3) is 0 Å². The van der Waals surface area contributed by atoms with E-state index >= 15 is 0 Å². The van der Waals surface area contributed by atoms with Gasteiger partial charge >= 0.3 is 5.97 Å². The third kappa shape index (κ3) is 5.16. The van der Waals surface area contributed by atoms with Crippen molar-refractivity contribution >= 4 is 23.3 Å². The highest BCUT2D eigenvalue weighted by molar-refractivity contribution is 6.32. The highest BCUT2D eigenvalue weighted by atomic mass is 35.5. The average Bonchev–Trinajstić information content (AvgIpc) is 2.36. The molecule has 0 bridgehead atoms. The number of benzene rings is 1. The predicted molar refractivity (Wildman–Crippen MR) is 71.9 cm³/mol. The Morgan fingerprint density at radius 3 is 2.95 bits per heavy atom. The Morgan fingerprint density at radius 1 is 1.63 bits per heavy atom. The zero-order valence-corrected chi connectivity index (χ0v) is 11.3. The average molecular weight is 283 g/mol. The lowest BCUT2D eigenvalue weighted by molar-refractivity contribution is -0.145. The summed E-state index contributed by atoms with van der Waals surface area (Å²) in [6.45, 7) is 2.20. The van der Waals surface area contributed by atoms with Gasteiger partial charge in [-0.1, -0.05) is 11.6 Å². The fourth-order valence-electron chi connectivity index (χ4n) is 1.44.